The van der Waals surface area contributed by atoms with Gasteiger partial charge in [-0.15, -0.1) is 0 Å². The van der Waals surface area contributed by atoms with Crippen LogP contribution in [0.15, 0.2) is 49.1 Å². The molecule has 0 fully saturated rings. The number of aromatic nitrogens is 2. The van der Waals surface area contributed by atoms with Crippen LogP contribution in [0.3, 0.4) is 0 Å². The number of hydrogen-bond donors (Lipinski definition) is 0. The Labute approximate surface area is 155 Å². The Bertz CT molecular complexity index is 647. The summed E-state index contributed by atoms with van der Waals surface area (Å²) < 4.78 is 4.47. The molecule has 1 aromatic heterocycles. The van der Waals surface area contributed by atoms with E-state index in [4.69, 9.17) is 23.2 Å². The molecule has 24 heavy (non-hydrogen) atoms. The Morgan fingerprint density at radius 2 is 1.92 bits per heavy atom. The van der Waals surface area contributed by atoms with Crippen LogP contribution < -0.4 is 4.57 Å². The van der Waals surface area contributed by atoms with Gasteiger partial charge in [-0.05, 0) is 37.0 Å². The van der Waals surface area contributed by atoms with Gasteiger partial charge < -0.3 is 0 Å². The lowest BCUT2D eigenvalue weighted by Crippen LogP contribution is -2.29. The van der Waals surface area contributed by atoms with Crippen LogP contribution in [-0.2, 0) is 19.5 Å². The van der Waals surface area contributed by atoms with E-state index in [0.717, 1.165) is 25.1 Å². The SMILES string of the molecule is CCCCCCCn1cc[n+](C/C=C/Cc2cccc(Cl)c2Cl)c1. The Morgan fingerprint density at radius 3 is 2.75 bits per heavy atom. The number of allylic oxidation sites excluding steroid dienone is 2. The minimum absolute atomic E-state index is 0.618. The second-order valence-electron chi connectivity index (χ2n) is 6.15. The van der Waals surface area contributed by atoms with Gasteiger partial charge in [-0.25, -0.2) is 9.13 Å². The molecule has 0 radical (unpaired) electrons. The van der Waals surface area contributed by atoms with E-state index in [1.807, 2.05) is 18.2 Å². The zero-order chi connectivity index (χ0) is 17.2. The average molecular weight is 366 g/mol. The molecule has 0 amide bonds. The minimum Gasteiger partial charge on any atom is -0.237 e. The van der Waals surface area contributed by atoms with Gasteiger partial charge >= 0.3 is 0 Å². The van der Waals surface area contributed by atoms with Gasteiger partial charge in [-0.1, -0.05) is 67.6 Å². The zero-order valence-electron chi connectivity index (χ0n) is 14.4. The van der Waals surface area contributed by atoms with Gasteiger partial charge in [0, 0.05) is 0 Å². The van der Waals surface area contributed by atoms with E-state index in [0.29, 0.717) is 10.0 Å². The molecule has 0 N–H and O–H groups in total. The molecule has 130 valence electrons. The van der Waals surface area contributed by atoms with Gasteiger partial charge in [0.1, 0.15) is 18.9 Å². The summed E-state index contributed by atoms with van der Waals surface area (Å²) in [5.41, 5.74) is 1.06. The van der Waals surface area contributed by atoms with Crippen molar-refractivity contribution in [3.8, 4) is 0 Å². The third-order valence-electron chi connectivity index (χ3n) is 4.12. The van der Waals surface area contributed by atoms with Crippen molar-refractivity contribution in [1.29, 1.82) is 0 Å². The quantitative estimate of drug-likeness (QED) is 0.283. The zero-order valence-corrected chi connectivity index (χ0v) is 15.9. The number of imidazole rings is 1. The highest BCUT2D eigenvalue weighted by atomic mass is 35.5. The number of aryl methyl sites for hydroxylation is 1. The van der Waals surface area contributed by atoms with Crippen LogP contribution in [0.25, 0.3) is 0 Å². The highest BCUT2D eigenvalue weighted by Crippen LogP contribution is 2.25. The standard InChI is InChI=1S/C20H27Cl2N2/c1-2-3-4-5-7-13-23-15-16-24(17-23)14-8-6-10-18-11-9-12-19(21)20(18)22/h6,8-9,11-12,15-17H,2-5,7,10,13-14H2,1H3/q+1/b8-6+. The number of hydrogen-bond acceptors (Lipinski definition) is 0. The van der Waals surface area contributed by atoms with E-state index in [1.165, 1.54) is 32.1 Å². The predicted molar refractivity (Wildman–Crippen MR) is 103 cm³/mol. The molecule has 2 aromatic rings. The maximum Gasteiger partial charge on any atom is 0.244 e. The fourth-order valence-corrected chi connectivity index (χ4v) is 3.09. The summed E-state index contributed by atoms with van der Waals surface area (Å²) in [4.78, 5) is 0. The maximum atomic E-state index is 6.20. The lowest BCUT2D eigenvalue weighted by atomic mass is 10.1. The first-order chi connectivity index (χ1) is 11.7. The highest BCUT2D eigenvalue weighted by Gasteiger charge is 2.03. The van der Waals surface area contributed by atoms with Crippen molar-refractivity contribution >= 4 is 23.2 Å². The maximum absolute atomic E-state index is 6.20. The summed E-state index contributed by atoms with van der Waals surface area (Å²) in [5, 5.41) is 1.28. The molecule has 0 aliphatic rings. The topological polar surface area (TPSA) is 8.81 Å². The van der Waals surface area contributed by atoms with Crippen molar-refractivity contribution in [2.75, 3.05) is 0 Å². The number of nitrogens with zero attached hydrogens (tertiary/aromatic N) is 2. The first kappa shape index (κ1) is 19.1. The number of rotatable bonds is 10. The Balaban J connectivity index is 1.73. The third-order valence-corrected chi connectivity index (χ3v) is 4.98. The molecule has 0 aliphatic carbocycles. The molecule has 0 saturated heterocycles. The smallest absolute Gasteiger partial charge is 0.237 e. The lowest BCUT2D eigenvalue weighted by Gasteiger charge is -2.01. The Hall–Kier alpha value is -1.25. The van der Waals surface area contributed by atoms with Crippen molar-refractivity contribution in [2.24, 2.45) is 0 Å². The van der Waals surface area contributed by atoms with Crippen molar-refractivity contribution in [3.63, 3.8) is 0 Å². The average Bonchev–Trinajstić information content (AvgIpc) is 3.03. The van der Waals surface area contributed by atoms with E-state index < -0.39 is 0 Å². The molecule has 0 spiro atoms. The van der Waals surface area contributed by atoms with E-state index in [-0.39, 0.29) is 0 Å². The summed E-state index contributed by atoms with van der Waals surface area (Å²) in [7, 11) is 0. The summed E-state index contributed by atoms with van der Waals surface area (Å²) >= 11 is 12.2. The predicted octanol–water partition coefficient (Wildman–Crippen LogP) is 5.85. The molecule has 0 bridgehead atoms. The van der Waals surface area contributed by atoms with Gasteiger partial charge in [0.15, 0.2) is 0 Å². The second kappa shape index (κ2) is 10.6. The van der Waals surface area contributed by atoms with Crippen LogP contribution in [0.5, 0.6) is 0 Å². The molecule has 0 atom stereocenters. The van der Waals surface area contributed by atoms with Crippen LogP contribution in [0.1, 0.15) is 44.6 Å². The highest BCUT2D eigenvalue weighted by molar-refractivity contribution is 6.42. The van der Waals surface area contributed by atoms with Gasteiger partial charge in [-0.2, -0.15) is 0 Å². The Kier molecular flexibility index (Phi) is 8.41. The monoisotopic (exact) mass is 365 g/mol. The van der Waals surface area contributed by atoms with Crippen LogP contribution in [0.4, 0.5) is 0 Å². The van der Waals surface area contributed by atoms with Crippen molar-refractivity contribution in [1.82, 2.24) is 4.57 Å². The molecule has 1 heterocycles. The van der Waals surface area contributed by atoms with Crippen LogP contribution in [-0.4, -0.2) is 4.57 Å². The third kappa shape index (κ3) is 6.33. The van der Waals surface area contributed by atoms with Crippen LogP contribution in [0.2, 0.25) is 10.0 Å². The van der Waals surface area contributed by atoms with Gasteiger partial charge in [0.25, 0.3) is 0 Å². The van der Waals surface area contributed by atoms with Gasteiger partial charge in [-0.3, -0.25) is 0 Å². The number of unbranched alkanes of at least 4 members (excludes halogenated alkanes) is 4. The summed E-state index contributed by atoms with van der Waals surface area (Å²) in [5.74, 6) is 0. The van der Waals surface area contributed by atoms with Crippen molar-refractivity contribution < 1.29 is 4.57 Å². The Morgan fingerprint density at radius 1 is 1.08 bits per heavy atom. The van der Waals surface area contributed by atoms with Gasteiger partial charge in [0.05, 0.1) is 16.6 Å². The molecule has 4 heteroatoms. The molecule has 0 saturated carbocycles. The number of halogens is 2. The molecule has 0 aliphatic heterocycles. The largest absolute Gasteiger partial charge is 0.244 e. The molecule has 1 aromatic carbocycles. The van der Waals surface area contributed by atoms with Gasteiger partial charge in [0.2, 0.25) is 6.33 Å². The van der Waals surface area contributed by atoms with Crippen molar-refractivity contribution in [2.45, 2.75) is 58.5 Å². The fourth-order valence-electron chi connectivity index (χ4n) is 2.69. The molecular formula is C20H27Cl2N2+. The molecular weight excluding hydrogens is 339 g/mol. The van der Waals surface area contributed by atoms with E-state index in [1.54, 1.807) is 0 Å². The lowest BCUT2D eigenvalue weighted by molar-refractivity contribution is -0.686. The minimum atomic E-state index is 0.618. The summed E-state index contributed by atoms with van der Waals surface area (Å²) in [6.45, 7) is 4.24. The van der Waals surface area contributed by atoms with E-state index in [2.05, 4.69) is 46.9 Å². The molecule has 2 rings (SSSR count). The first-order valence-corrected chi connectivity index (χ1v) is 9.59. The van der Waals surface area contributed by atoms with E-state index in [9.17, 15) is 0 Å². The van der Waals surface area contributed by atoms with E-state index >= 15 is 0 Å². The van der Waals surface area contributed by atoms with Crippen LogP contribution >= 0.6 is 23.2 Å². The van der Waals surface area contributed by atoms with Crippen LogP contribution in [0, 0.1) is 0 Å². The normalized spacial score (nSPS) is 11.5. The van der Waals surface area contributed by atoms with Crippen molar-refractivity contribution in [3.05, 3.63) is 64.7 Å². The fraction of sp³-hybridized carbons (Fsp3) is 0.450. The molecule has 2 nitrogen and oxygen atoms in total. The first-order valence-electron chi connectivity index (χ1n) is 8.83. The summed E-state index contributed by atoms with van der Waals surface area (Å²) in [6.07, 6.45) is 18.2. The number of benzene rings is 1. The second-order valence-corrected chi connectivity index (χ2v) is 6.94. The summed E-state index contributed by atoms with van der Waals surface area (Å²) in [6, 6.07) is 5.77. The molecule has 0 unspecified atom stereocenters.